The molecule has 0 fully saturated rings. The number of carbonyl (C=O) groups is 1. The van der Waals surface area contributed by atoms with Crippen LogP contribution in [0.2, 0.25) is 0 Å². The minimum atomic E-state index is -0.291. The summed E-state index contributed by atoms with van der Waals surface area (Å²) < 4.78 is 0. The summed E-state index contributed by atoms with van der Waals surface area (Å²) in [6.07, 6.45) is 5.08. The van der Waals surface area contributed by atoms with Gasteiger partial charge in [-0.25, -0.2) is 9.97 Å². The van der Waals surface area contributed by atoms with Gasteiger partial charge in [0, 0.05) is 23.4 Å². The number of benzene rings is 1. The summed E-state index contributed by atoms with van der Waals surface area (Å²) in [7, 11) is 0. The molecule has 1 aromatic carbocycles. The Hall–Kier alpha value is -1.92. The molecule has 1 aliphatic rings. The fourth-order valence-electron chi connectivity index (χ4n) is 3.69. The Balaban J connectivity index is 1.76. The molecule has 27 heavy (non-hydrogen) atoms. The van der Waals surface area contributed by atoms with Crippen LogP contribution in [0.15, 0.2) is 41.7 Å². The van der Waals surface area contributed by atoms with Crippen molar-refractivity contribution in [2.75, 3.05) is 13.1 Å². The molecule has 4 nitrogen and oxygen atoms in total. The Bertz CT molecular complexity index is 951. The van der Waals surface area contributed by atoms with Gasteiger partial charge < -0.3 is 4.90 Å². The van der Waals surface area contributed by atoms with Gasteiger partial charge >= 0.3 is 0 Å². The van der Waals surface area contributed by atoms with E-state index in [0.717, 1.165) is 28.3 Å². The summed E-state index contributed by atoms with van der Waals surface area (Å²) in [5.41, 5.74) is 2.43. The number of carbonyl (C=O) groups excluding carboxylic acids is 1. The first kappa shape index (κ1) is 18.4. The molecule has 2 heterocycles. The molecule has 140 valence electrons. The number of rotatable bonds is 6. The van der Waals surface area contributed by atoms with Crippen molar-refractivity contribution in [1.29, 1.82) is 0 Å². The van der Waals surface area contributed by atoms with Crippen molar-refractivity contribution in [3.05, 3.63) is 52.7 Å². The Morgan fingerprint density at radius 3 is 2.70 bits per heavy atom. The highest BCUT2D eigenvalue weighted by molar-refractivity contribution is 8.00. The average molecular weight is 398 g/mol. The van der Waals surface area contributed by atoms with Gasteiger partial charge in [-0.3, -0.25) is 4.79 Å². The van der Waals surface area contributed by atoms with Gasteiger partial charge in [0.2, 0.25) is 5.91 Å². The highest BCUT2D eigenvalue weighted by Gasteiger charge is 2.29. The lowest BCUT2D eigenvalue weighted by molar-refractivity contribution is -0.130. The Morgan fingerprint density at radius 2 is 1.96 bits per heavy atom. The second kappa shape index (κ2) is 7.98. The molecule has 1 aliphatic carbocycles. The van der Waals surface area contributed by atoms with Crippen molar-refractivity contribution in [2.24, 2.45) is 0 Å². The number of thioether (sulfide) groups is 1. The van der Waals surface area contributed by atoms with E-state index in [1.54, 1.807) is 29.4 Å². The predicted octanol–water partition coefficient (Wildman–Crippen LogP) is 4.88. The van der Waals surface area contributed by atoms with Crippen molar-refractivity contribution in [1.82, 2.24) is 14.9 Å². The number of aryl methyl sites for hydroxylation is 2. The summed E-state index contributed by atoms with van der Waals surface area (Å²) >= 11 is 3.36. The molecule has 0 unspecified atom stereocenters. The van der Waals surface area contributed by atoms with E-state index in [2.05, 4.69) is 9.97 Å². The summed E-state index contributed by atoms with van der Waals surface area (Å²) in [4.78, 5) is 26.8. The van der Waals surface area contributed by atoms with E-state index in [0.29, 0.717) is 13.1 Å². The zero-order valence-electron chi connectivity index (χ0n) is 15.6. The van der Waals surface area contributed by atoms with Crippen molar-refractivity contribution in [3.63, 3.8) is 0 Å². The van der Waals surface area contributed by atoms with Crippen LogP contribution in [0.4, 0.5) is 0 Å². The van der Waals surface area contributed by atoms with Gasteiger partial charge in [-0.2, -0.15) is 0 Å². The van der Waals surface area contributed by atoms with E-state index in [9.17, 15) is 4.79 Å². The number of aromatic nitrogens is 2. The average Bonchev–Trinajstić information content (AvgIpc) is 3.29. The van der Waals surface area contributed by atoms with Crippen LogP contribution >= 0.6 is 23.1 Å². The van der Waals surface area contributed by atoms with E-state index in [1.807, 2.05) is 49.1 Å². The molecular formula is C21H23N3OS2. The van der Waals surface area contributed by atoms with E-state index in [-0.39, 0.29) is 11.2 Å². The maximum atomic E-state index is 13.3. The number of hydrogen-bond acceptors (Lipinski definition) is 5. The fourth-order valence-corrected chi connectivity index (χ4v) is 6.20. The van der Waals surface area contributed by atoms with Crippen molar-refractivity contribution >= 4 is 39.2 Å². The molecule has 4 rings (SSSR count). The minimum Gasteiger partial charge on any atom is -0.342 e. The molecule has 1 atom stereocenters. The number of nitrogens with zero attached hydrogens (tertiary/aromatic N) is 3. The Kier molecular flexibility index (Phi) is 5.45. The molecule has 0 saturated heterocycles. The summed E-state index contributed by atoms with van der Waals surface area (Å²) in [6, 6.07) is 10.1. The van der Waals surface area contributed by atoms with Crippen LogP contribution < -0.4 is 0 Å². The lowest BCUT2D eigenvalue weighted by Crippen LogP contribution is -2.33. The zero-order chi connectivity index (χ0) is 18.8. The maximum absolute atomic E-state index is 13.3. The van der Waals surface area contributed by atoms with Crippen molar-refractivity contribution < 1.29 is 4.79 Å². The predicted molar refractivity (Wildman–Crippen MR) is 112 cm³/mol. The van der Waals surface area contributed by atoms with Gasteiger partial charge in [0.05, 0.1) is 0 Å². The maximum Gasteiger partial charge on any atom is 0.240 e. The molecular weight excluding hydrogens is 374 g/mol. The molecule has 0 saturated carbocycles. The minimum absolute atomic E-state index is 0.148. The summed E-state index contributed by atoms with van der Waals surface area (Å²) in [5.74, 6) is 0.148. The highest BCUT2D eigenvalue weighted by Crippen LogP contribution is 2.44. The van der Waals surface area contributed by atoms with Crippen LogP contribution in [0.25, 0.3) is 10.2 Å². The van der Waals surface area contributed by atoms with Crippen LogP contribution in [0, 0.1) is 0 Å². The van der Waals surface area contributed by atoms with Gasteiger partial charge in [-0.1, -0.05) is 42.1 Å². The first-order chi connectivity index (χ1) is 13.2. The molecule has 6 heteroatoms. The van der Waals surface area contributed by atoms with Crippen LogP contribution in [0.3, 0.4) is 0 Å². The van der Waals surface area contributed by atoms with Gasteiger partial charge in [0.25, 0.3) is 0 Å². The fraction of sp³-hybridized carbons (Fsp3) is 0.381. The third-order valence-corrected chi connectivity index (χ3v) is 7.54. The number of hydrogen-bond donors (Lipinski definition) is 0. The summed E-state index contributed by atoms with van der Waals surface area (Å²) in [5, 5.41) is 1.82. The molecule has 0 aliphatic heterocycles. The molecule has 0 radical (unpaired) electrons. The second-order valence-corrected chi connectivity index (χ2v) is 8.81. The van der Waals surface area contributed by atoms with Crippen LogP contribution in [0.1, 0.15) is 41.5 Å². The quantitative estimate of drug-likeness (QED) is 0.439. The number of amides is 1. The first-order valence-electron chi connectivity index (χ1n) is 9.48. The van der Waals surface area contributed by atoms with E-state index >= 15 is 0 Å². The molecule has 0 spiro atoms. The van der Waals surface area contributed by atoms with E-state index in [1.165, 1.54) is 22.2 Å². The second-order valence-electron chi connectivity index (χ2n) is 6.64. The van der Waals surface area contributed by atoms with Crippen LogP contribution in [-0.2, 0) is 17.6 Å². The standard InChI is InChI=1S/C21H23N3OS2/c1-3-24(4-2)21(25)18(14-9-6-5-7-10-14)27-20-17-15-11-8-12-16(15)26-19(17)22-13-23-20/h5-7,9-10,13,18H,3-4,8,11-12H2,1-2H3/t18-/m1/s1. The number of likely N-dealkylation sites (N-methyl/N-ethyl adjacent to an activating group) is 1. The van der Waals surface area contributed by atoms with Gasteiger partial charge in [-0.15, -0.1) is 11.3 Å². The van der Waals surface area contributed by atoms with Gasteiger partial charge in [0.1, 0.15) is 21.4 Å². The van der Waals surface area contributed by atoms with Gasteiger partial charge in [-0.05, 0) is 44.2 Å². The van der Waals surface area contributed by atoms with Crippen molar-refractivity contribution in [3.8, 4) is 0 Å². The molecule has 0 bridgehead atoms. The molecule has 2 aromatic heterocycles. The Labute approximate surface area is 168 Å². The first-order valence-corrected chi connectivity index (χ1v) is 11.2. The monoisotopic (exact) mass is 397 g/mol. The highest BCUT2D eigenvalue weighted by atomic mass is 32.2. The SMILES string of the molecule is CCN(CC)C(=O)[C@H](Sc1ncnc2sc3c(c12)CCC3)c1ccccc1. The van der Waals surface area contributed by atoms with E-state index in [4.69, 9.17) is 0 Å². The third-order valence-electron chi connectivity index (χ3n) is 5.10. The molecule has 3 aromatic rings. The normalized spacial score (nSPS) is 14.3. The topological polar surface area (TPSA) is 46.1 Å². The third kappa shape index (κ3) is 3.48. The zero-order valence-corrected chi connectivity index (χ0v) is 17.3. The largest absolute Gasteiger partial charge is 0.342 e. The van der Waals surface area contributed by atoms with Crippen LogP contribution in [-0.4, -0.2) is 33.9 Å². The summed E-state index contributed by atoms with van der Waals surface area (Å²) in [6.45, 7) is 5.49. The molecule has 0 N–H and O–H groups in total. The number of thiophene rings is 1. The van der Waals surface area contributed by atoms with Crippen LogP contribution in [0.5, 0.6) is 0 Å². The van der Waals surface area contributed by atoms with E-state index < -0.39 is 0 Å². The molecule has 1 amide bonds. The van der Waals surface area contributed by atoms with Gasteiger partial charge in [0.15, 0.2) is 0 Å². The lowest BCUT2D eigenvalue weighted by Gasteiger charge is -2.25. The number of fused-ring (bicyclic) bond motifs is 3. The Morgan fingerprint density at radius 1 is 1.19 bits per heavy atom. The lowest BCUT2D eigenvalue weighted by atomic mass is 10.1. The van der Waals surface area contributed by atoms with Crippen molar-refractivity contribution in [2.45, 2.75) is 43.4 Å². The smallest absolute Gasteiger partial charge is 0.240 e.